The second kappa shape index (κ2) is 6.71. The molecule has 1 atom stereocenters. The zero-order valence-electron chi connectivity index (χ0n) is 9.06. The number of hydrogen-bond acceptors (Lipinski definition) is 5. The second-order valence-corrected chi connectivity index (χ2v) is 4.81. The van der Waals surface area contributed by atoms with Crippen molar-refractivity contribution in [1.82, 2.24) is 5.32 Å². The molecule has 0 aliphatic heterocycles. The van der Waals surface area contributed by atoms with Gasteiger partial charge in [0.05, 0.1) is 13.2 Å². The Morgan fingerprint density at radius 1 is 1.40 bits per heavy atom. The normalized spacial score (nSPS) is 13.3. The third-order valence-electron chi connectivity index (χ3n) is 1.44. The average molecular weight is 237 g/mol. The number of rotatable bonds is 7. The number of nitrogens with one attached hydrogen (secondary N) is 1. The third-order valence-corrected chi connectivity index (χ3v) is 3.61. The molecule has 1 amide bonds. The zero-order chi connectivity index (χ0) is 11.9. The summed E-state index contributed by atoms with van der Waals surface area (Å²) in [5.41, 5.74) is 0. The van der Waals surface area contributed by atoms with Crippen molar-refractivity contribution >= 4 is 19.8 Å². The Balaban J connectivity index is 4.75. The van der Waals surface area contributed by atoms with E-state index in [0.29, 0.717) is 6.29 Å². The predicted octanol–water partition coefficient (Wildman–Crippen LogP) is 0.914. The van der Waals surface area contributed by atoms with E-state index in [1.807, 2.05) is 0 Å². The van der Waals surface area contributed by atoms with Crippen LogP contribution in [0.5, 0.6) is 0 Å². The lowest BCUT2D eigenvalue weighted by Crippen LogP contribution is -2.35. The molecule has 1 N–H and O–H groups in total. The first kappa shape index (κ1) is 14.3. The molecule has 0 fully saturated rings. The van der Waals surface area contributed by atoms with Crippen LogP contribution >= 0.6 is 7.60 Å². The van der Waals surface area contributed by atoms with Crippen molar-refractivity contribution in [3.8, 4) is 0 Å². The van der Waals surface area contributed by atoms with E-state index in [0.717, 1.165) is 0 Å². The van der Waals surface area contributed by atoms with Crippen molar-refractivity contribution < 1.29 is 23.2 Å². The molecule has 0 saturated heterocycles. The summed E-state index contributed by atoms with van der Waals surface area (Å²) < 4.78 is 21.8. The third kappa shape index (κ3) is 4.55. The van der Waals surface area contributed by atoms with Gasteiger partial charge in [0.15, 0.2) is 12.1 Å². The van der Waals surface area contributed by atoms with Crippen LogP contribution in [0.3, 0.4) is 0 Å². The first-order chi connectivity index (χ1) is 7.00. The van der Waals surface area contributed by atoms with Crippen LogP contribution in [0.4, 0.5) is 0 Å². The van der Waals surface area contributed by atoms with Gasteiger partial charge in [-0.3, -0.25) is 9.36 Å². The molecule has 0 saturated carbocycles. The van der Waals surface area contributed by atoms with E-state index in [1.165, 1.54) is 6.92 Å². The van der Waals surface area contributed by atoms with Gasteiger partial charge in [-0.25, -0.2) is 0 Å². The molecule has 1 unspecified atom stereocenters. The van der Waals surface area contributed by atoms with E-state index in [9.17, 15) is 14.2 Å². The largest absolute Gasteiger partial charge is 0.360 e. The summed E-state index contributed by atoms with van der Waals surface area (Å²) in [6.07, 6.45) is 0.355. The average Bonchev–Trinajstić information content (AvgIpc) is 2.14. The van der Waals surface area contributed by atoms with Gasteiger partial charge in [-0.05, 0) is 13.8 Å². The molecule has 0 aromatic rings. The van der Waals surface area contributed by atoms with E-state index in [2.05, 4.69) is 5.32 Å². The van der Waals surface area contributed by atoms with E-state index in [-0.39, 0.29) is 13.2 Å². The maximum Gasteiger partial charge on any atom is 0.360 e. The highest BCUT2D eigenvalue weighted by molar-refractivity contribution is 7.55. The summed E-state index contributed by atoms with van der Waals surface area (Å²) in [7, 11) is -3.58. The summed E-state index contributed by atoms with van der Waals surface area (Å²) in [6, 6.07) is 0. The van der Waals surface area contributed by atoms with Crippen LogP contribution in [0.15, 0.2) is 0 Å². The molecular formula is C8H16NO5P. The fraction of sp³-hybridized carbons (Fsp3) is 0.750. The quantitative estimate of drug-likeness (QED) is 0.525. The van der Waals surface area contributed by atoms with Crippen molar-refractivity contribution in [1.29, 1.82) is 0 Å². The van der Waals surface area contributed by atoms with Crippen molar-refractivity contribution in [3.63, 3.8) is 0 Å². The minimum atomic E-state index is -3.58. The van der Waals surface area contributed by atoms with Gasteiger partial charge in [-0.2, -0.15) is 0 Å². The van der Waals surface area contributed by atoms with Crippen LogP contribution in [-0.2, 0) is 23.2 Å². The molecule has 0 rings (SSSR count). The van der Waals surface area contributed by atoms with E-state index in [4.69, 9.17) is 9.05 Å². The lowest BCUT2D eigenvalue weighted by Gasteiger charge is -2.22. The first-order valence-corrected chi connectivity index (χ1v) is 6.22. The maximum absolute atomic E-state index is 12.0. The number of amides is 1. The van der Waals surface area contributed by atoms with Gasteiger partial charge in [0.25, 0.3) is 0 Å². The van der Waals surface area contributed by atoms with Gasteiger partial charge in [0.2, 0.25) is 5.91 Å². The lowest BCUT2D eigenvalue weighted by atomic mass is 10.6. The molecule has 88 valence electrons. The van der Waals surface area contributed by atoms with Crippen LogP contribution in [0.1, 0.15) is 20.8 Å². The zero-order valence-corrected chi connectivity index (χ0v) is 9.95. The topological polar surface area (TPSA) is 81.7 Å². The molecule has 0 heterocycles. The van der Waals surface area contributed by atoms with Crippen LogP contribution in [-0.4, -0.2) is 31.2 Å². The molecule has 15 heavy (non-hydrogen) atoms. The van der Waals surface area contributed by atoms with Crippen molar-refractivity contribution in [2.45, 2.75) is 26.6 Å². The lowest BCUT2D eigenvalue weighted by molar-refractivity contribution is -0.121. The highest BCUT2D eigenvalue weighted by Gasteiger charge is 2.36. The molecule has 0 bridgehead atoms. The monoisotopic (exact) mass is 237 g/mol. The molecule has 0 aliphatic carbocycles. The first-order valence-electron chi connectivity index (χ1n) is 4.61. The van der Waals surface area contributed by atoms with Gasteiger partial charge < -0.3 is 19.2 Å². The molecule has 7 heteroatoms. The molecule has 6 nitrogen and oxygen atoms in total. The van der Waals surface area contributed by atoms with Gasteiger partial charge in [-0.1, -0.05) is 0 Å². The van der Waals surface area contributed by atoms with Crippen LogP contribution in [0.2, 0.25) is 0 Å². The van der Waals surface area contributed by atoms with Crippen LogP contribution in [0, 0.1) is 0 Å². The minimum Gasteiger partial charge on any atom is -0.336 e. The fourth-order valence-corrected chi connectivity index (χ4v) is 2.56. The van der Waals surface area contributed by atoms with Gasteiger partial charge >= 0.3 is 7.60 Å². The standard InChI is InChI=1S/C8H16NO5P/c1-4-13-15(12,14-5-2)8(6-10)9-7(3)11/h6,8H,4-5H2,1-3H3,(H,9,11). The number of aldehydes is 1. The summed E-state index contributed by atoms with van der Waals surface area (Å²) >= 11 is 0. The number of carbonyl (C=O) groups excluding carboxylic acids is 2. The highest BCUT2D eigenvalue weighted by atomic mass is 31.2. The SMILES string of the molecule is CCOP(=O)(OCC)C(C=O)NC(C)=O. The van der Waals surface area contributed by atoms with Crippen molar-refractivity contribution in [3.05, 3.63) is 0 Å². The highest BCUT2D eigenvalue weighted by Crippen LogP contribution is 2.51. The Hall–Kier alpha value is -0.710. The molecule has 0 spiro atoms. The summed E-state index contributed by atoms with van der Waals surface area (Å²) in [4.78, 5) is 21.5. The smallest absolute Gasteiger partial charge is 0.336 e. The van der Waals surface area contributed by atoms with Crippen molar-refractivity contribution in [2.24, 2.45) is 0 Å². The molecule has 0 aliphatic rings. The maximum atomic E-state index is 12.0. The molecule has 0 aromatic heterocycles. The Morgan fingerprint density at radius 3 is 2.13 bits per heavy atom. The summed E-state index contributed by atoms with van der Waals surface area (Å²) in [5, 5.41) is 2.22. The minimum absolute atomic E-state index is 0.140. The summed E-state index contributed by atoms with van der Waals surface area (Å²) in [5.74, 6) is -1.71. The van der Waals surface area contributed by atoms with Gasteiger partial charge in [0.1, 0.15) is 0 Å². The van der Waals surface area contributed by atoms with E-state index < -0.39 is 19.3 Å². The Morgan fingerprint density at radius 2 is 1.87 bits per heavy atom. The van der Waals surface area contributed by atoms with E-state index >= 15 is 0 Å². The van der Waals surface area contributed by atoms with Crippen LogP contribution in [0.25, 0.3) is 0 Å². The van der Waals surface area contributed by atoms with Gasteiger partial charge in [0, 0.05) is 6.92 Å². The Labute approximate surface area is 88.9 Å². The van der Waals surface area contributed by atoms with Crippen molar-refractivity contribution in [2.75, 3.05) is 13.2 Å². The Bertz CT molecular complexity index is 258. The van der Waals surface area contributed by atoms with Crippen LogP contribution < -0.4 is 5.32 Å². The number of carbonyl (C=O) groups is 2. The second-order valence-electron chi connectivity index (χ2n) is 2.66. The Kier molecular flexibility index (Phi) is 6.40. The molecule has 0 radical (unpaired) electrons. The molecular weight excluding hydrogens is 221 g/mol. The van der Waals surface area contributed by atoms with Gasteiger partial charge in [-0.15, -0.1) is 0 Å². The number of hydrogen-bond donors (Lipinski definition) is 1. The van der Waals surface area contributed by atoms with E-state index in [1.54, 1.807) is 13.8 Å². The molecule has 0 aromatic carbocycles. The fourth-order valence-electron chi connectivity index (χ4n) is 0.954. The predicted molar refractivity (Wildman–Crippen MR) is 54.5 cm³/mol. The summed E-state index contributed by atoms with van der Waals surface area (Å²) in [6.45, 7) is 4.75.